The number of unbranched alkanes of at least 4 members (excludes halogenated alkanes) is 1. The Hall–Kier alpha value is -2.53. The second kappa shape index (κ2) is 9.79. The molecular formula is C23H27ClN2O3. The summed E-state index contributed by atoms with van der Waals surface area (Å²) in [7, 11) is 1.63. The smallest absolute Gasteiger partial charge is 0.253 e. The van der Waals surface area contributed by atoms with Crippen LogP contribution in [0.4, 0.5) is 0 Å². The monoisotopic (exact) mass is 414 g/mol. The van der Waals surface area contributed by atoms with Gasteiger partial charge < -0.3 is 15.0 Å². The van der Waals surface area contributed by atoms with Crippen molar-refractivity contribution in [2.75, 3.05) is 26.7 Å². The Balaban J connectivity index is 1.86. The zero-order valence-corrected chi connectivity index (χ0v) is 17.6. The van der Waals surface area contributed by atoms with Crippen molar-refractivity contribution in [3.63, 3.8) is 0 Å². The number of carbonyl (C=O) groups excluding carboxylic acids is 2. The first-order valence-electron chi connectivity index (χ1n) is 10.0. The van der Waals surface area contributed by atoms with Crippen molar-refractivity contribution in [1.29, 1.82) is 0 Å². The number of hydrogen-bond acceptors (Lipinski definition) is 3. The molecule has 0 bridgehead atoms. The van der Waals surface area contributed by atoms with Crippen LogP contribution in [-0.2, 0) is 4.79 Å². The minimum absolute atomic E-state index is 0.0132. The number of likely N-dealkylation sites (tertiary alicyclic amines) is 1. The fourth-order valence-electron chi connectivity index (χ4n) is 3.82. The highest BCUT2D eigenvalue weighted by Gasteiger charge is 2.41. The molecule has 3 rings (SSSR count). The number of hydrogen-bond donors (Lipinski definition) is 1. The van der Waals surface area contributed by atoms with Crippen LogP contribution in [0.2, 0.25) is 5.02 Å². The standard InChI is InChI=1S/C23H27ClN2O3/c1-3-4-13-25-22(27)20-15-26(23(28)16-9-11-17(24)12-10-16)14-19(20)18-7-5-6-8-21(18)29-2/h5-12,19-20H,3-4,13-15H2,1-2H3,(H,25,27). The Morgan fingerprint density at radius 1 is 1.14 bits per heavy atom. The molecule has 1 fully saturated rings. The summed E-state index contributed by atoms with van der Waals surface area (Å²) in [5.74, 6) is 0.194. The maximum atomic E-state index is 13.0. The molecule has 29 heavy (non-hydrogen) atoms. The van der Waals surface area contributed by atoms with Crippen molar-refractivity contribution in [2.24, 2.45) is 5.92 Å². The van der Waals surface area contributed by atoms with Crippen molar-refractivity contribution < 1.29 is 14.3 Å². The molecular weight excluding hydrogens is 388 g/mol. The Morgan fingerprint density at radius 2 is 1.86 bits per heavy atom. The lowest BCUT2D eigenvalue weighted by atomic mass is 9.87. The summed E-state index contributed by atoms with van der Waals surface area (Å²) in [6.07, 6.45) is 1.95. The van der Waals surface area contributed by atoms with E-state index in [9.17, 15) is 9.59 Å². The van der Waals surface area contributed by atoms with Crippen LogP contribution in [-0.4, -0.2) is 43.5 Å². The molecule has 2 aromatic rings. The van der Waals surface area contributed by atoms with Gasteiger partial charge in [0.15, 0.2) is 0 Å². The number of amides is 2. The van der Waals surface area contributed by atoms with Crippen molar-refractivity contribution in [1.82, 2.24) is 10.2 Å². The lowest BCUT2D eigenvalue weighted by Crippen LogP contribution is -2.36. The Labute approximate surface area is 177 Å². The number of nitrogens with one attached hydrogen (secondary N) is 1. The van der Waals surface area contributed by atoms with E-state index in [2.05, 4.69) is 12.2 Å². The van der Waals surface area contributed by atoms with Crippen molar-refractivity contribution in [3.8, 4) is 5.75 Å². The van der Waals surface area contributed by atoms with Gasteiger partial charge in [-0.1, -0.05) is 43.1 Å². The molecule has 2 atom stereocenters. The van der Waals surface area contributed by atoms with Gasteiger partial charge in [-0.2, -0.15) is 0 Å². The zero-order chi connectivity index (χ0) is 20.8. The van der Waals surface area contributed by atoms with Gasteiger partial charge in [0, 0.05) is 36.1 Å². The fraction of sp³-hybridized carbons (Fsp3) is 0.391. The largest absolute Gasteiger partial charge is 0.496 e. The van der Waals surface area contributed by atoms with E-state index in [4.69, 9.17) is 16.3 Å². The van der Waals surface area contributed by atoms with Gasteiger partial charge in [-0.3, -0.25) is 9.59 Å². The van der Waals surface area contributed by atoms with Crippen LogP contribution in [0.5, 0.6) is 5.75 Å². The second-order valence-corrected chi connectivity index (χ2v) is 7.75. The van der Waals surface area contributed by atoms with E-state index in [1.165, 1.54) is 0 Å². The normalized spacial score (nSPS) is 18.5. The van der Waals surface area contributed by atoms with E-state index in [0.717, 1.165) is 24.2 Å². The molecule has 6 heteroatoms. The molecule has 2 amide bonds. The average molecular weight is 415 g/mol. The minimum atomic E-state index is -0.320. The van der Waals surface area contributed by atoms with Crippen LogP contribution in [0.15, 0.2) is 48.5 Å². The van der Waals surface area contributed by atoms with E-state index >= 15 is 0 Å². The van der Waals surface area contributed by atoms with E-state index in [1.54, 1.807) is 36.3 Å². The van der Waals surface area contributed by atoms with Crippen molar-refractivity contribution in [2.45, 2.75) is 25.7 Å². The van der Waals surface area contributed by atoms with Crippen LogP contribution in [0, 0.1) is 5.92 Å². The Kier molecular flexibility index (Phi) is 7.15. The van der Waals surface area contributed by atoms with Crippen LogP contribution >= 0.6 is 11.6 Å². The summed E-state index contributed by atoms with van der Waals surface area (Å²) in [6, 6.07) is 14.6. The highest BCUT2D eigenvalue weighted by molar-refractivity contribution is 6.30. The molecule has 1 aliphatic heterocycles. The number of para-hydroxylation sites is 1. The summed E-state index contributed by atoms with van der Waals surface area (Å²) < 4.78 is 5.53. The maximum Gasteiger partial charge on any atom is 0.253 e. The number of carbonyl (C=O) groups is 2. The molecule has 0 radical (unpaired) electrons. The van der Waals surface area contributed by atoms with Crippen LogP contribution in [0.25, 0.3) is 0 Å². The molecule has 154 valence electrons. The van der Waals surface area contributed by atoms with E-state index in [-0.39, 0.29) is 23.7 Å². The molecule has 1 saturated heterocycles. The number of rotatable bonds is 7. The number of nitrogens with zero attached hydrogens (tertiary/aromatic N) is 1. The summed E-state index contributed by atoms with van der Waals surface area (Å²) in [5, 5.41) is 3.62. The first-order chi connectivity index (χ1) is 14.0. The third-order valence-corrected chi connectivity index (χ3v) is 5.65. The number of methoxy groups -OCH3 is 1. The third kappa shape index (κ3) is 4.91. The molecule has 2 aromatic carbocycles. The van der Waals surface area contributed by atoms with E-state index in [1.807, 2.05) is 24.3 Å². The Morgan fingerprint density at radius 3 is 2.55 bits per heavy atom. The van der Waals surface area contributed by atoms with Gasteiger partial charge in [0.2, 0.25) is 5.91 Å². The number of benzene rings is 2. The molecule has 1 heterocycles. The quantitative estimate of drug-likeness (QED) is 0.693. The van der Waals surface area contributed by atoms with Crippen LogP contribution < -0.4 is 10.1 Å². The lowest BCUT2D eigenvalue weighted by Gasteiger charge is -2.20. The van der Waals surface area contributed by atoms with E-state index in [0.29, 0.717) is 30.2 Å². The molecule has 1 aliphatic rings. The summed E-state index contributed by atoms with van der Waals surface area (Å²) in [4.78, 5) is 27.7. The van der Waals surface area contributed by atoms with Gasteiger partial charge >= 0.3 is 0 Å². The predicted octanol–water partition coefficient (Wildman–Crippen LogP) is 4.12. The predicted molar refractivity (Wildman–Crippen MR) is 114 cm³/mol. The summed E-state index contributed by atoms with van der Waals surface area (Å²) in [6.45, 7) is 3.58. The van der Waals surface area contributed by atoms with Crippen molar-refractivity contribution >= 4 is 23.4 Å². The molecule has 0 saturated carbocycles. The van der Waals surface area contributed by atoms with Crippen LogP contribution in [0.1, 0.15) is 41.6 Å². The summed E-state index contributed by atoms with van der Waals surface area (Å²) >= 11 is 5.95. The number of halogens is 1. The zero-order valence-electron chi connectivity index (χ0n) is 16.9. The van der Waals surface area contributed by atoms with Crippen molar-refractivity contribution in [3.05, 3.63) is 64.7 Å². The third-order valence-electron chi connectivity index (χ3n) is 5.40. The van der Waals surface area contributed by atoms with Gasteiger partial charge in [0.05, 0.1) is 13.0 Å². The lowest BCUT2D eigenvalue weighted by molar-refractivity contribution is -0.124. The van der Waals surface area contributed by atoms with Gasteiger partial charge in [-0.05, 0) is 42.3 Å². The molecule has 0 spiro atoms. The second-order valence-electron chi connectivity index (χ2n) is 7.32. The molecule has 0 aliphatic carbocycles. The topological polar surface area (TPSA) is 58.6 Å². The SMILES string of the molecule is CCCCNC(=O)C1CN(C(=O)c2ccc(Cl)cc2)CC1c1ccccc1OC. The van der Waals surface area contributed by atoms with Gasteiger partial charge in [-0.15, -0.1) is 0 Å². The highest BCUT2D eigenvalue weighted by Crippen LogP contribution is 2.38. The maximum absolute atomic E-state index is 13.0. The first-order valence-corrected chi connectivity index (χ1v) is 10.4. The van der Waals surface area contributed by atoms with E-state index < -0.39 is 0 Å². The fourth-order valence-corrected chi connectivity index (χ4v) is 3.94. The van der Waals surface area contributed by atoms with Crippen LogP contribution in [0.3, 0.4) is 0 Å². The highest BCUT2D eigenvalue weighted by atomic mass is 35.5. The number of ether oxygens (including phenoxy) is 1. The van der Waals surface area contributed by atoms with Gasteiger partial charge in [0.1, 0.15) is 5.75 Å². The minimum Gasteiger partial charge on any atom is -0.496 e. The molecule has 0 aromatic heterocycles. The molecule has 2 unspecified atom stereocenters. The summed E-state index contributed by atoms with van der Waals surface area (Å²) in [5.41, 5.74) is 1.53. The Bertz CT molecular complexity index is 853. The van der Waals surface area contributed by atoms with Gasteiger partial charge in [0.25, 0.3) is 5.91 Å². The molecule has 5 nitrogen and oxygen atoms in total. The van der Waals surface area contributed by atoms with Gasteiger partial charge in [-0.25, -0.2) is 0 Å². The average Bonchev–Trinajstić information content (AvgIpc) is 3.19. The first kappa shape index (κ1) is 21.2. The molecule has 1 N–H and O–H groups in total.